The standard InChI is InChI=1S/C28H36F2N4O4/c29-28(30)17-22(18-28)34(15-5-4-10-21-12-11-20-9-6-14-31-25(20)32-21)16-13-23(27(37)38)33-26(36)24(35)19-7-2-1-3-8-19/h1-3,7-8,11-12,22-24,35H,4-6,9-10,13-18H2,(H,31,32)(H,33,36)(H,37,38)/t23-,24+/m0/s1. The van der Waals surface area contributed by atoms with Crippen LogP contribution in [0.2, 0.25) is 0 Å². The molecule has 1 amide bonds. The summed E-state index contributed by atoms with van der Waals surface area (Å²) in [6, 6.07) is 10.8. The number of hydrogen-bond acceptors (Lipinski definition) is 6. The number of aliphatic carboxylic acids is 1. The number of benzene rings is 1. The van der Waals surface area contributed by atoms with Gasteiger partial charge in [0.15, 0.2) is 6.10 Å². The van der Waals surface area contributed by atoms with E-state index in [2.05, 4.69) is 16.7 Å². The van der Waals surface area contributed by atoms with E-state index in [9.17, 15) is 28.6 Å². The fourth-order valence-corrected chi connectivity index (χ4v) is 5.08. The Labute approximate surface area is 221 Å². The van der Waals surface area contributed by atoms with Crippen molar-refractivity contribution in [2.45, 2.75) is 75.5 Å². The van der Waals surface area contributed by atoms with Crippen molar-refractivity contribution in [3.8, 4) is 0 Å². The summed E-state index contributed by atoms with van der Waals surface area (Å²) in [6.45, 7) is 1.73. The van der Waals surface area contributed by atoms with Gasteiger partial charge in [-0.15, -0.1) is 0 Å². The van der Waals surface area contributed by atoms with Crippen molar-refractivity contribution in [1.29, 1.82) is 0 Å². The highest BCUT2D eigenvalue weighted by Gasteiger charge is 2.47. The minimum Gasteiger partial charge on any atom is -0.480 e. The van der Waals surface area contributed by atoms with Crippen LogP contribution in [0.4, 0.5) is 14.6 Å². The number of anilines is 1. The number of aliphatic hydroxyl groups is 1. The maximum atomic E-state index is 13.6. The Kier molecular flexibility index (Phi) is 9.27. The summed E-state index contributed by atoms with van der Waals surface area (Å²) in [5.74, 6) is -3.78. The lowest BCUT2D eigenvalue weighted by Gasteiger charge is -2.43. The van der Waals surface area contributed by atoms with Gasteiger partial charge in [-0.3, -0.25) is 9.69 Å². The summed E-state index contributed by atoms with van der Waals surface area (Å²) in [7, 11) is 0. The molecule has 0 unspecified atom stereocenters. The Morgan fingerprint density at radius 3 is 2.61 bits per heavy atom. The summed E-state index contributed by atoms with van der Waals surface area (Å²) in [5.41, 5.74) is 2.58. The number of carboxylic acids is 1. The summed E-state index contributed by atoms with van der Waals surface area (Å²) in [5, 5.41) is 25.7. The molecule has 4 rings (SSSR count). The van der Waals surface area contributed by atoms with Crippen LogP contribution in [-0.4, -0.2) is 69.6 Å². The number of fused-ring (bicyclic) bond motifs is 1. The van der Waals surface area contributed by atoms with E-state index in [0.717, 1.165) is 50.2 Å². The number of aromatic nitrogens is 1. The maximum Gasteiger partial charge on any atom is 0.326 e. The van der Waals surface area contributed by atoms with Crippen LogP contribution in [-0.2, 0) is 22.4 Å². The number of nitrogens with zero attached hydrogens (tertiary/aromatic N) is 2. The van der Waals surface area contributed by atoms with E-state index in [1.807, 2.05) is 11.0 Å². The first kappa shape index (κ1) is 27.9. The zero-order valence-corrected chi connectivity index (χ0v) is 21.4. The highest BCUT2D eigenvalue weighted by Crippen LogP contribution is 2.40. The number of unbranched alkanes of at least 4 members (excludes halogenated alkanes) is 1. The number of carbonyl (C=O) groups is 2. The Balaban J connectivity index is 1.29. The molecule has 10 heteroatoms. The molecule has 206 valence electrons. The number of hydrogen-bond donors (Lipinski definition) is 4. The molecule has 0 bridgehead atoms. The number of aliphatic hydroxyl groups excluding tert-OH is 1. The van der Waals surface area contributed by atoms with Gasteiger partial charge in [0.05, 0.1) is 0 Å². The number of alkyl halides is 2. The van der Waals surface area contributed by atoms with Gasteiger partial charge in [0, 0.05) is 37.7 Å². The van der Waals surface area contributed by atoms with E-state index in [1.165, 1.54) is 5.56 Å². The molecule has 8 nitrogen and oxygen atoms in total. The van der Waals surface area contributed by atoms with Gasteiger partial charge in [-0.05, 0) is 62.3 Å². The van der Waals surface area contributed by atoms with E-state index in [0.29, 0.717) is 12.1 Å². The predicted molar refractivity (Wildman–Crippen MR) is 139 cm³/mol. The van der Waals surface area contributed by atoms with Crippen molar-refractivity contribution in [1.82, 2.24) is 15.2 Å². The number of halogens is 2. The van der Waals surface area contributed by atoms with Gasteiger partial charge in [0.25, 0.3) is 11.8 Å². The Morgan fingerprint density at radius 2 is 1.89 bits per heavy atom. The van der Waals surface area contributed by atoms with Gasteiger partial charge < -0.3 is 20.8 Å². The third kappa shape index (κ3) is 7.48. The number of rotatable bonds is 13. The highest BCUT2D eigenvalue weighted by molar-refractivity contribution is 5.86. The molecule has 2 aliphatic rings. The Hall–Kier alpha value is -3.11. The van der Waals surface area contributed by atoms with E-state index in [-0.39, 0.29) is 31.8 Å². The van der Waals surface area contributed by atoms with Gasteiger partial charge in [-0.1, -0.05) is 36.4 Å². The SMILES string of the molecule is O=C(O)[C@H](CCN(CCCCc1ccc2c(n1)NCCC2)C1CC(F)(F)C1)NC(=O)[C@H](O)c1ccccc1. The van der Waals surface area contributed by atoms with Crippen molar-refractivity contribution in [3.05, 3.63) is 59.3 Å². The second kappa shape index (κ2) is 12.6. The third-order valence-electron chi connectivity index (χ3n) is 7.35. The molecular formula is C28H36F2N4O4. The monoisotopic (exact) mass is 530 g/mol. The van der Waals surface area contributed by atoms with Gasteiger partial charge >= 0.3 is 5.97 Å². The molecule has 1 aliphatic carbocycles. The summed E-state index contributed by atoms with van der Waals surface area (Å²) >= 11 is 0. The molecule has 1 aromatic heterocycles. The minimum absolute atomic E-state index is 0.0443. The molecule has 1 aliphatic heterocycles. The largest absolute Gasteiger partial charge is 0.480 e. The zero-order chi connectivity index (χ0) is 27.1. The van der Waals surface area contributed by atoms with Crippen molar-refractivity contribution in [2.75, 3.05) is 25.0 Å². The Morgan fingerprint density at radius 1 is 1.13 bits per heavy atom. The molecule has 4 N–H and O–H groups in total. The molecule has 0 spiro atoms. The van der Waals surface area contributed by atoms with Crippen LogP contribution >= 0.6 is 0 Å². The van der Waals surface area contributed by atoms with Crippen LogP contribution in [0.1, 0.15) is 61.4 Å². The summed E-state index contributed by atoms with van der Waals surface area (Å²) < 4.78 is 27.3. The van der Waals surface area contributed by atoms with Crippen molar-refractivity contribution in [3.63, 3.8) is 0 Å². The quantitative estimate of drug-likeness (QED) is 0.293. The van der Waals surface area contributed by atoms with Gasteiger partial charge in [-0.2, -0.15) is 0 Å². The number of carbonyl (C=O) groups excluding carboxylic acids is 1. The molecule has 2 atom stereocenters. The molecule has 0 saturated heterocycles. The number of nitrogens with one attached hydrogen (secondary N) is 2. The van der Waals surface area contributed by atoms with E-state index < -0.39 is 29.9 Å². The highest BCUT2D eigenvalue weighted by atomic mass is 19.3. The zero-order valence-electron chi connectivity index (χ0n) is 21.4. The maximum absolute atomic E-state index is 13.6. The van der Waals surface area contributed by atoms with Crippen LogP contribution in [0, 0.1) is 0 Å². The first-order valence-electron chi connectivity index (χ1n) is 13.3. The van der Waals surface area contributed by atoms with Crippen molar-refractivity contribution < 1.29 is 28.6 Å². The van der Waals surface area contributed by atoms with Crippen LogP contribution in [0.25, 0.3) is 0 Å². The molecule has 1 saturated carbocycles. The lowest BCUT2D eigenvalue weighted by molar-refractivity contribution is -0.144. The summed E-state index contributed by atoms with van der Waals surface area (Å²) in [4.78, 5) is 30.9. The average Bonchev–Trinajstić information content (AvgIpc) is 2.90. The Bertz CT molecular complexity index is 1090. The predicted octanol–water partition coefficient (Wildman–Crippen LogP) is 3.56. The first-order valence-corrected chi connectivity index (χ1v) is 13.3. The van der Waals surface area contributed by atoms with E-state index in [1.54, 1.807) is 30.3 Å². The minimum atomic E-state index is -2.69. The van der Waals surface area contributed by atoms with Gasteiger partial charge in [0.2, 0.25) is 0 Å². The fraction of sp³-hybridized carbons (Fsp3) is 0.536. The molecule has 0 radical (unpaired) electrons. The van der Waals surface area contributed by atoms with Crippen LogP contribution in [0.3, 0.4) is 0 Å². The van der Waals surface area contributed by atoms with Gasteiger partial charge in [-0.25, -0.2) is 18.6 Å². The molecule has 38 heavy (non-hydrogen) atoms. The smallest absolute Gasteiger partial charge is 0.326 e. The second-order valence-electron chi connectivity index (χ2n) is 10.3. The molecule has 2 heterocycles. The lowest BCUT2D eigenvalue weighted by atomic mass is 9.86. The van der Waals surface area contributed by atoms with E-state index in [4.69, 9.17) is 4.98 Å². The van der Waals surface area contributed by atoms with Crippen molar-refractivity contribution in [2.24, 2.45) is 0 Å². The third-order valence-corrected chi connectivity index (χ3v) is 7.35. The second-order valence-corrected chi connectivity index (χ2v) is 10.3. The number of pyridine rings is 1. The van der Waals surface area contributed by atoms with E-state index >= 15 is 0 Å². The molecular weight excluding hydrogens is 494 g/mol. The fourth-order valence-electron chi connectivity index (χ4n) is 5.08. The van der Waals surface area contributed by atoms with Crippen LogP contribution in [0.15, 0.2) is 42.5 Å². The van der Waals surface area contributed by atoms with Crippen molar-refractivity contribution >= 4 is 17.7 Å². The molecule has 2 aromatic rings. The van der Waals surface area contributed by atoms with Crippen LogP contribution in [0.5, 0.6) is 0 Å². The van der Waals surface area contributed by atoms with Gasteiger partial charge in [0.1, 0.15) is 11.9 Å². The number of aryl methyl sites for hydroxylation is 2. The molecule has 1 fully saturated rings. The topological polar surface area (TPSA) is 115 Å². The molecule has 1 aromatic carbocycles. The normalized spacial score (nSPS) is 18.1. The first-order chi connectivity index (χ1) is 18.2. The summed E-state index contributed by atoms with van der Waals surface area (Å²) in [6.07, 6.45) is 2.54. The average molecular weight is 531 g/mol. The van der Waals surface area contributed by atoms with Crippen LogP contribution < -0.4 is 10.6 Å². The number of amides is 1. The number of carboxylic acid groups (broad SMARTS) is 1. The lowest BCUT2D eigenvalue weighted by Crippen LogP contribution is -2.53.